The van der Waals surface area contributed by atoms with Gasteiger partial charge >= 0.3 is 11.7 Å². The molecule has 0 bridgehead atoms. The number of nitrogens with one attached hydrogen (secondary N) is 1. The molecule has 1 aromatic carbocycles. The quantitative estimate of drug-likeness (QED) is 0.752. The highest BCUT2D eigenvalue weighted by molar-refractivity contribution is 6.00. The predicted octanol–water partition coefficient (Wildman–Crippen LogP) is 1.17. The normalized spacial score (nSPS) is 10.9. The molecule has 0 spiro atoms. The molecule has 21 heavy (non-hydrogen) atoms. The van der Waals surface area contributed by atoms with E-state index in [1.165, 1.54) is 10.6 Å². The molecule has 3 rings (SSSR count). The molecule has 3 aromatic rings. The number of aromatic nitrogens is 4. The summed E-state index contributed by atoms with van der Waals surface area (Å²) in [5, 5.41) is 9.15. The summed E-state index contributed by atoms with van der Waals surface area (Å²) in [5.74, 6) is -1.08. The van der Waals surface area contributed by atoms with Gasteiger partial charge in [0.1, 0.15) is 0 Å². The average molecular weight is 284 g/mol. The molecule has 0 saturated carbocycles. The molecule has 106 valence electrons. The minimum atomic E-state index is -1.08. The van der Waals surface area contributed by atoms with Gasteiger partial charge in [-0.2, -0.15) is 0 Å². The molecular weight excluding hydrogens is 272 g/mol. The van der Waals surface area contributed by atoms with E-state index >= 15 is 0 Å². The van der Waals surface area contributed by atoms with Gasteiger partial charge in [0, 0.05) is 6.20 Å². The molecule has 0 unspecified atom stereocenters. The van der Waals surface area contributed by atoms with Crippen LogP contribution >= 0.6 is 0 Å². The van der Waals surface area contributed by atoms with E-state index in [4.69, 9.17) is 5.11 Å². The highest BCUT2D eigenvalue weighted by Gasteiger charge is 2.14. The van der Waals surface area contributed by atoms with E-state index < -0.39 is 5.97 Å². The van der Waals surface area contributed by atoms with Crippen LogP contribution in [0.3, 0.4) is 0 Å². The highest BCUT2D eigenvalue weighted by atomic mass is 16.4. The van der Waals surface area contributed by atoms with Gasteiger partial charge in [-0.3, -0.25) is 14.5 Å². The van der Waals surface area contributed by atoms with E-state index in [9.17, 15) is 9.59 Å². The smallest absolute Gasteiger partial charge is 0.337 e. The molecule has 0 radical (unpaired) electrons. The first-order chi connectivity index (χ1) is 10.1. The largest absolute Gasteiger partial charge is 0.478 e. The summed E-state index contributed by atoms with van der Waals surface area (Å²) < 4.78 is 1.45. The van der Waals surface area contributed by atoms with E-state index in [0.717, 1.165) is 5.69 Å². The minimum Gasteiger partial charge on any atom is -0.478 e. The number of rotatable bonds is 3. The number of carboxylic acids is 1. The van der Waals surface area contributed by atoms with Gasteiger partial charge in [-0.05, 0) is 19.1 Å². The average Bonchev–Trinajstić information content (AvgIpc) is 2.77. The molecule has 0 aliphatic heterocycles. The lowest BCUT2D eigenvalue weighted by atomic mass is 10.2. The van der Waals surface area contributed by atoms with E-state index in [0.29, 0.717) is 16.7 Å². The summed E-state index contributed by atoms with van der Waals surface area (Å²) in [6.07, 6.45) is 3.22. The number of H-pyrrole nitrogens is 1. The van der Waals surface area contributed by atoms with Gasteiger partial charge in [0.05, 0.1) is 40.7 Å². The van der Waals surface area contributed by atoms with Crippen LogP contribution in [0.2, 0.25) is 0 Å². The number of nitrogens with zero attached hydrogens (tertiary/aromatic N) is 3. The lowest BCUT2D eigenvalue weighted by Gasteiger charge is -2.03. The fourth-order valence-corrected chi connectivity index (χ4v) is 2.18. The zero-order valence-electron chi connectivity index (χ0n) is 11.2. The SMILES string of the molecule is Cc1cnc(Cn2c(=O)[nH]c3c(C(=O)O)cccc32)cn1. The van der Waals surface area contributed by atoms with Gasteiger partial charge in [-0.25, -0.2) is 9.59 Å². The van der Waals surface area contributed by atoms with Crippen molar-refractivity contribution in [3.63, 3.8) is 0 Å². The number of aromatic carboxylic acids is 1. The van der Waals surface area contributed by atoms with Crippen LogP contribution in [0.1, 0.15) is 21.7 Å². The minimum absolute atomic E-state index is 0.0679. The van der Waals surface area contributed by atoms with Gasteiger partial charge < -0.3 is 10.1 Å². The van der Waals surface area contributed by atoms with Crippen LogP contribution in [0.5, 0.6) is 0 Å². The Hall–Kier alpha value is -2.96. The van der Waals surface area contributed by atoms with Crippen LogP contribution in [0.25, 0.3) is 11.0 Å². The van der Waals surface area contributed by atoms with E-state index in [-0.39, 0.29) is 17.8 Å². The van der Waals surface area contributed by atoms with Crippen molar-refractivity contribution in [3.05, 3.63) is 58.0 Å². The molecule has 7 heteroatoms. The molecule has 0 saturated heterocycles. The first-order valence-corrected chi connectivity index (χ1v) is 6.28. The molecule has 0 atom stereocenters. The van der Waals surface area contributed by atoms with E-state index in [2.05, 4.69) is 15.0 Å². The Morgan fingerprint density at radius 3 is 2.81 bits per heavy atom. The topological polar surface area (TPSA) is 101 Å². The molecule has 0 amide bonds. The number of fused-ring (bicyclic) bond motifs is 1. The number of hydrogen-bond donors (Lipinski definition) is 2. The fraction of sp³-hybridized carbons (Fsp3) is 0.143. The van der Waals surface area contributed by atoms with Gasteiger partial charge in [-0.15, -0.1) is 0 Å². The number of hydrogen-bond acceptors (Lipinski definition) is 4. The molecule has 2 N–H and O–H groups in total. The maximum Gasteiger partial charge on any atom is 0.337 e. The Morgan fingerprint density at radius 2 is 2.14 bits per heavy atom. The Labute approximate surface area is 118 Å². The highest BCUT2D eigenvalue weighted by Crippen LogP contribution is 2.16. The summed E-state index contributed by atoms with van der Waals surface area (Å²) in [5.41, 5.74) is 1.96. The standard InChI is InChI=1S/C14H12N4O3/c1-8-5-16-9(6-15-8)7-18-11-4-2-3-10(13(19)20)12(11)17-14(18)21/h2-6H,7H2,1H3,(H,17,21)(H,19,20). The third-order valence-electron chi connectivity index (χ3n) is 3.20. The van der Waals surface area contributed by atoms with Crippen molar-refractivity contribution in [1.29, 1.82) is 0 Å². The summed E-state index contributed by atoms with van der Waals surface area (Å²) in [6.45, 7) is 2.06. The van der Waals surface area contributed by atoms with Crippen molar-refractivity contribution in [1.82, 2.24) is 19.5 Å². The second kappa shape index (κ2) is 4.86. The molecular formula is C14H12N4O3. The lowest BCUT2D eigenvalue weighted by molar-refractivity contribution is 0.0699. The van der Waals surface area contributed by atoms with Crippen molar-refractivity contribution in [3.8, 4) is 0 Å². The fourth-order valence-electron chi connectivity index (χ4n) is 2.18. The Bertz CT molecular complexity index is 877. The number of imidazole rings is 1. The molecule has 2 aromatic heterocycles. The van der Waals surface area contributed by atoms with Gasteiger partial charge in [0.2, 0.25) is 0 Å². The van der Waals surface area contributed by atoms with Crippen LogP contribution in [0.15, 0.2) is 35.4 Å². The first kappa shape index (κ1) is 13.0. The Kier molecular flexibility index (Phi) is 3.02. The lowest BCUT2D eigenvalue weighted by Crippen LogP contribution is -2.18. The van der Waals surface area contributed by atoms with Gasteiger partial charge in [0.25, 0.3) is 0 Å². The summed E-state index contributed by atoms with van der Waals surface area (Å²) >= 11 is 0. The number of aryl methyl sites for hydroxylation is 1. The van der Waals surface area contributed by atoms with Crippen molar-refractivity contribution in [2.24, 2.45) is 0 Å². The molecule has 0 fully saturated rings. The van der Waals surface area contributed by atoms with Crippen molar-refractivity contribution >= 4 is 17.0 Å². The molecule has 2 heterocycles. The van der Waals surface area contributed by atoms with E-state index in [1.54, 1.807) is 24.5 Å². The van der Waals surface area contributed by atoms with Crippen molar-refractivity contribution < 1.29 is 9.90 Å². The maximum atomic E-state index is 12.1. The Balaban J connectivity index is 2.13. The zero-order chi connectivity index (χ0) is 15.0. The summed E-state index contributed by atoms with van der Waals surface area (Å²) in [7, 11) is 0. The first-order valence-electron chi connectivity index (χ1n) is 6.28. The van der Waals surface area contributed by atoms with Crippen LogP contribution in [0, 0.1) is 6.92 Å². The van der Waals surface area contributed by atoms with Crippen LogP contribution in [-0.4, -0.2) is 30.6 Å². The second-order valence-electron chi connectivity index (χ2n) is 4.67. The van der Waals surface area contributed by atoms with Gasteiger partial charge in [-0.1, -0.05) is 6.07 Å². The molecule has 0 aliphatic rings. The number of aromatic amines is 1. The third kappa shape index (κ3) is 2.29. The maximum absolute atomic E-state index is 12.1. The Morgan fingerprint density at radius 1 is 1.33 bits per heavy atom. The predicted molar refractivity (Wildman–Crippen MR) is 75.4 cm³/mol. The van der Waals surface area contributed by atoms with Crippen LogP contribution in [-0.2, 0) is 6.54 Å². The number of carboxylic acid groups (broad SMARTS) is 1. The zero-order valence-corrected chi connectivity index (χ0v) is 11.2. The molecule has 0 aliphatic carbocycles. The molecule has 7 nitrogen and oxygen atoms in total. The number of carbonyl (C=O) groups is 1. The van der Waals surface area contributed by atoms with E-state index in [1.807, 2.05) is 6.92 Å². The van der Waals surface area contributed by atoms with Crippen LogP contribution in [0.4, 0.5) is 0 Å². The van der Waals surface area contributed by atoms with Crippen molar-refractivity contribution in [2.45, 2.75) is 13.5 Å². The monoisotopic (exact) mass is 284 g/mol. The van der Waals surface area contributed by atoms with Crippen LogP contribution < -0.4 is 5.69 Å². The number of benzene rings is 1. The third-order valence-corrected chi connectivity index (χ3v) is 3.20. The second-order valence-corrected chi connectivity index (χ2v) is 4.67. The summed E-state index contributed by atoms with van der Waals surface area (Å²) in [6, 6.07) is 4.76. The van der Waals surface area contributed by atoms with Crippen molar-refractivity contribution in [2.75, 3.05) is 0 Å². The summed E-state index contributed by atoms with van der Waals surface area (Å²) in [4.78, 5) is 34.2. The van der Waals surface area contributed by atoms with Gasteiger partial charge in [0.15, 0.2) is 0 Å². The number of para-hydroxylation sites is 1.